The Bertz CT molecular complexity index is 1570. The smallest absolute Gasteiger partial charge is 0.261 e. The summed E-state index contributed by atoms with van der Waals surface area (Å²) >= 11 is 0. The number of nitrogens with zero attached hydrogens (tertiary/aromatic N) is 2. The molecule has 0 aliphatic carbocycles. The first-order chi connectivity index (χ1) is 20.5. The van der Waals surface area contributed by atoms with Gasteiger partial charge in [-0.25, -0.2) is 12.8 Å². The van der Waals surface area contributed by atoms with E-state index in [9.17, 15) is 22.7 Å². The van der Waals surface area contributed by atoms with Gasteiger partial charge in [-0.05, 0) is 74.1 Å². The maximum absolute atomic E-state index is 13.5. The molecule has 12 heteroatoms. The summed E-state index contributed by atoms with van der Waals surface area (Å²) in [5, 5.41) is 9.91. The summed E-state index contributed by atoms with van der Waals surface area (Å²) in [7, 11) is -2.01. The van der Waals surface area contributed by atoms with Crippen molar-refractivity contribution in [3.05, 3.63) is 77.6 Å². The third-order valence-corrected chi connectivity index (χ3v) is 9.07. The average molecular weight is 614 g/mol. The Hall–Kier alpha value is -3.87. The molecule has 230 valence electrons. The fraction of sp³-hybridized carbons (Fsp3) is 0.387. The lowest BCUT2D eigenvalue weighted by Gasteiger charge is -2.34. The standard InChI is InChI=1S/C31H36FN3O7S/c1-20-15-35(21(2)18-36)31(37)14-23-13-25(33-43(38,39)26-8-5-24(32)6-9-26)7-11-27(23)42-30(20)17-34(3)16-22-4-10-28-29(12-22)41-19-40-28/h4-13,20-21,30,33,36H,14-19H2,1-3H3/t20-,21+,30+/m1/s1. The summed E-state index contributed by atoms with van der Waals surface area (Å²) in [5.41, 5.74) is 1.80. The zero-order valence-electron chi connectivity index (χ0n) is 24.3. The van der Waals surface area contributed by atoms with Gasteiger partial charge in [0.1, 0.15) is 17.7 Å². The van der Waals surface area contributed by atoms with Crippen molar-refractivity contribution in [2.24, 2.45) is 5.92 Å². The second kappa shape index (κ2) is 12.8. The van der Waals surface area contributed by atoms with Crippen LogP contribution in [0.2, 0.25) is 0 Å². The number of carbonyl (C=O) groups is 1. The van der Waals surface area contributed by atoms with Gasteiger partial charge in [0.05, 0.1) is 24.0 Å². The molecular weight excluding hydrogens is 577 g/mol. The molecule has 5 rings (SSSR count). The van der Waals surface area contributed by atoms with Crippen LogP contribution in [0, 0.1) is 11.7 Å². The normalized spacial score (nSPS) is 19.2. The van der Waals surface area contributed by atoms with Crippen LogP contribution in [0.3, 0.4) is 0 Å². The van der Waals surface area contributed by atoms with Crippen LogP contribution in [0.5, 0.6) is 17.2 Å². The summed E-state index contributed by atoms with van der Waals surface area (Å²) in [4.78, 5) is 17.2. The van der Waals surface area contributed by atoms with E-state index in [-0.39, 0.29) is 48.3 Å². The third-order valence-electron chi connectivity index (χ3n) is 7.67. The van der Waals surface area contributed by atoms with Gasteiger partial charge in [-0.15, -0.1) is 0 Å². The highest BCUT2D eigenvalue weighted by Crippen LogP contribution is 2.33. The van der Waals surface area contributed by atoms with Crippen LogP contribution in [0.25, 0.3) is 0 Å². The summed E-state index contributed by atoms with van der Waals surface area (Å²) in [5.74, 6) is 1.07. The minimum absolute atomic E-state index is 0.0434. The van der Waals surface area contributed by atoms with Gasteiger partial charge in [-0.3, -0.25) is 14.4 Å². The van der Waals surface area contributed by atoms with Crippen LogP contribution in [-0.2, 0) is 27.8 Å². The van der Waals surface area contributed by atoms with Crippen LogP contribution >= 0.6 is 0 Å². The molecule has 2 aliphatic heterocycles. The Morgan fingerprint density at radius 3 is 2.53 bits per heavy atom. The molecule has 10 nitrogen and oxygen atoms in total. The van der Waals surface area contributed by atoms with E-state index in [4.69, 9.17) is 14.2 Å². The van der Waals surface area contributed by atoms with Crippen LogP contribution in [0.4, 0.5) is 10.1 Å². The lowest BCUT2D eigenvalue weighted by atomic mass is 10.0. The Kier molecular flexibility index (Phi) is 9.09. The van der Waals surface area contributed by atoms with Crippen LogP contribution in [0.1, 0.15) is 25.0 Å². The van der Waals surface area contributed by atoms with Crippen molar-refractivity contribution in [3.8, 4) is 17.2 Å². The van der Waals surface area contributed by atoms with Crippen LogP contribution in [0.15, 0.2) is 65.6 Å². The Balaban J connectivity index is 1.40. The maximum Gasteiger partial charge on any atom is 0.261 e. The molecular formula is C31H36FN3O7S. The Labute approximate surface area is 251 Å². The number of hydrogen-bond acceptors (Lipinski definition) is 8. The summed E-state index contributed by atoms with van der Waals surface area (Å²) in [6.45, 7) is 5.34. The maximum atomic E-state index is 13.5. The molecule has 0 aromatic heterocycles. The van der Waals surface area contributed by atoms with Crippen molar-refractivity contribution in [3.63, 3.8) is 0 Å². The van der Waals surface area contributed by atoms with Crippen molar-refractivity contribution in [1.29, 1.82) is 0 Å². The number of anilines is 1. The number of rotatable bonds is 9. The predicted molar refractivity (Wildman–Crippen MR) is 158 cm³/mol. The topological polar surface area (TPSA) is 118 Å². The second-order valence-corrected chi connectivity index (χ2v) is 12.8. The fourth-order valence-corrected chi connectivity index (χ4v) is 6.31. The summed E-state index contributed by atoms with van der Waals surface area (Å²) in [6.07, 6.45) is -0.378. The first-order valence-electron chi connectivity index (χ1n) is 14.1. The first-order valence-corrected chi connectivity index (χ1v) is 15.6. The number of benzene rings is 3. The van der Waals surface area contributed by atoms with Crippen LogP contribution in [-0.4, -0.2) is 74.9 Å². The number of nitrogens with one attached hydrogen (secondary N) is 1. The molecule has 1 amide bonds. The Morgan fingerprint density at radius 1 is 1.07 bits per heavy atom. The molecule has 3 aromatic rings. The summed E-state index contributed by atoms with van der Waals surface area (Å²) < 4.78 is 59.2. The van der Waals surface area contributed by atoms with Gasteiger partial charge in [0.15, 0.2) is 11.5 Å². The average Bonchev–Trinajstić information content (AvgIpc) is 3.45. The van der Waals surface area contributed by atoms with Gasteiger partial charge in [0, 0.05) is 36.8 Å². The molecule has 2 N–H and O–H groups in total. The van der Waals surface area contributed by atoms with E-state index in [2.05, 4.69) is 9.62 Å². The molecule has 3 aromatic carbocycles. The van der Waals surface area contributed by atoms with Crippen molar-refractivity contribution < 1.29 is 36.9 Å². The number of aliphatic hydroxyl groups excluding tert-OH is 1. The highest BCUT2D eigenvalue weighted by Gasteiger charge is 2.31. The number of likely N-dealkylation sites (N-methyl/N-ethyl adjacent to an activating group) is 1. The lowest BCUT2D eigenvalue weighted by molar-refractivity contribution is -0.134. The molecule has 2 heterocycles. The molecule has 0 saturated carbocycles. The molecule has 0 saturated heterocycles. The molecule has 0 fully saturated rings. The van der Waals surface area contributed by atoms with E-state index < -0.39 is 21.9 Å². The van der Waals surface area contributed by atoms with E-state index in [1.165, 1.54) is 12.1 Å². The zero-order valence-corrected chi connectivity index (χ0v) is 25.1. The van der Waals surface area contributed by atoms with Crippen molar-refractivity contribution in [1.82, 2.24) is 9.80 Å². The first kappa shape index (κ1) is 30.6. The van der Waals surface area contributed by atoms with Gasteiger partial charge in [0.2, 0.25) is 12.7 Å². The number of amides is 1. The SMILES string of the molecule is C[C@@H]1CN([C@@H](C)CO)C(=O)Cc2cc(NS(=O)(=O)c3ccc(F)cc3)ccc2O[C@H]1CN(C)Cc1ccc2c(c1)OCO2. The molecule has 0 bridgehead atoms. The largest absolute Gasteiger partial charge is 0.488 e. The number of carbonyl (C=O) groups excluding carboxylic acids is 1. The van der Waals surface area contributed by atoms with E-state index in [1.807, 2.05) is 32.2 Å². The van der Waals surface area contributed by atoms with E-state index in [1.54, 1.807) is 30.0 Å². The molecule has 0 radical (unpaired) electrons. The highest BCUT2D eigenvalue weighted by atomic mass is 32.2. The molecule has 0 unspecified atom stereocenters. The minimum atomic E-state index is -4.00. The quantitative estimate of drug-likeness (QED) is 0.376. The molecule has 2 aliphatic rings. The molecule has 0 spiro atoms. The monoisotopic (exact) mass is 613 g/mol. The van der Waals surface area contributed by atoms with Gasteiger partial charge >= 0.3 is 0 Å². The third kappa shape index (κ3) is 7.20. The van der Waals surface area contributed by atoms with E-state index >= 15 is 0 Å². The van der Waals surface area contributed by atoms with E-state index in [0.29, 0.717) is 36.7 Å². The zero-order chi connectivity index (χ0) is 30.7. The number of sulfonamides is 1. The highest BCUT2D eigenvalue weighted by molar-refractivity contribution is 7.92. The van der Waals surface area contributed by atoms with Gasteiger partial charge in [-0.2, -0.15) is 0 Å². The summed E-state index contributed by atoms with van der Waals surface area (Å²) in [6, 6.07) is 14.8. The van der Waals surface area contributed by atoms with Crippen molar-refractivity contribution in [2.75, 3.05) is 38.3 Å². The molecule has 3 atom stereocenters. The van der Waals surface area contributed by atoms with Crippen molar-refractivity contribution in [2.45, 2.75) is 43.9 Å². The van der Waals surface area contributed by atoms with Crippen LogP contribution < -0.4 is 18.9 Å². The van der Waals surface area contributed by atoms with Crippen molar-refractivity contribution >= 4 is 21.6 Å². The number of hydrogen-bond donors (Lipinski definition) is 2. The second-order valence-electron chi connectivity index (χ2n) is 11.2. The fourth-order valence-electron chi connectivity index (χ4n) is 5.26. The number of halogens is 1. The lowest BCUT2D eigenvalue weighted by Crippen LogP contribution is -2.47. The van der Waals surface area contributed by atoms with Gasteiger partial charge in [-0.1, -0.05) is 13.0 Å². The van der Waals surface area contributed by atoms with Gasteiger partial charge < -0.3 is 24.2 Å². The Morgan fingerprint density at radius 2 is 1.79 bits per heavy atom. The number of ether oxygens (including phenoxy) is 3. The van der Waals surface area contributed by atoms with Gasteiger partial charge in [0.25, 0.3) is 10.0 Å². The number of aliphatic hydroxyl groups is 1. The predicted octanol–water partition coefficient (Wildman–Crippen LogP) is 3.64. The molecule has 43 heavy (non-hydrogen) atoms. The number of fused-ring (bicyclic) bond motifs is 2. The minimum Gasteiger partial charge on any atom is -0.488 e. The van der Waals surface area contributed by atoms with E-state index in [0.717, 1.165) is 23.4 Å².